The highest BCUT2D eigenvalue weighted by Crippen LogP contribution is 2.27. The molecular formula is C59H67N6+3. The van der Waals surface area contributed by atoms with Crippen LogP contribution in [0.3, 0.4) is 0 Å². The Morgan fingerprint density at radius 3 is 1.48 bits per heavy atom. The van der Waals surface area contributed by atoms with E-state index in [1.54, 1.807) is 0 Å². The molecule has 0 radical (unpaired) electrons. The second kappa shape index (κ2) is 20.5. The lowest BCUT2D eigenvalue weighted by Gasteiger charge is -2.08. The van der Waals surface area contributed by atoms with Gasteiger partial charge in [0.25, 0.3) is 0 Å². The molecule has 330 valence electrons. The molecule has 5 heterocycles. The van der Waals surface area contributed by atoms with Gasteiger partial charge in [0.05, 0.1) is 39.8 Å². The van der Waals surface area contributed by atoms with Gasteiger partial charge in [0, 0.05) is 34.6 Å². The number of aryl methyl sites for hydroxylation is 6. The summed E-state index contributed by atoms with van der Waals surface area (Å²) in [6.07, 6.45) is 8.67. The number of fused-ring (bicyclic) bond motifs is 3. The number of benzene rings is 4. The maximum atomic E-state index is 4.94. The van der Waals surface area contributed by atoms with Crippen LogP contribution in [0, 0.1) is 32.6 Å². The van der Waals surface area contributed by atoms with Crippen LogP contribution in [0.15, 0.2) is 146 Å². The van der Waals surface area contributed by atoms with Crippen LogP contribution >= 0.6 is 0 Å². The summed E-state index contributed by atoms with van der Waals surface area (Å²) in [6, 6.07) is 44.9. The summed E-state index contributed by atoms with van der Waals surface area (Å²) in [5, 5.41) is 3.63. The average Bonchev–Trinajstić information content (AvgIpc) is 3.27. The van der Waals surface area contributed by atoms with Crippen molar-refractivity contribution in [3.05, 3.63) is 180 Å². The predicted octanol–water partition coefficient (Wildman–Crippen LogP) is 12.6. The van der Waals surface area contributed by atoms with Crippen molar-refractivity contribution in [3.8, 4) is 33.9 Å². The Kier molecular flexibility index (Phi) is 14.6. The lowest BCUT2D eigenvalue weighted by atomic mass is 9.99. The fourth-order valence-corrected chi connectivity index (χ4v) is 8.59. The van der Waals surface area contributed by atoms with Crippen LogP contribution in [0.5, 0.6) is 0 Å². The summed E-state index contributed by atoms with van der Waals surface area (Å²) < 4.78 is 6.52. The number of rotatable bonds is 8. The summed E-state index contributed by atoms with van der Waals surface area (Å²) >= 11 is 0. The van der Waals surface area contributed by atoms with Crippen molar-refractivity contribution in [1.82, 2.24) is 15.0 Å². The molecule has 0 atom stereocenters. The molecule has 0 amide bonds. The normalized spacial score (nSPS) is 11.3. The van der Waals surface area contributed by atoms with Crippen molar-refractivity contribution in [2.24, 2.45) is 33.0 Å². The van der Waals surface area contributed by atoms with Crippen LogP contribution in [-0.2, 0) is 34.0 Å². The minimum atomic E-state index is 0.449. The third-order valence-corrected chi connectivity index (χ3v) is 12.1. The first-order valence-corrected chi connectivity index (χ1v) is 23.2. The van der Waals surface area contributed by atoms with E-state index in [-0.39, 0.29) is 0 Å². The van der Waals surface area contributed by atoms with Crippen molar-refractivity contribution in [2.45, 2.75) is 81.1 Å². The van der Waals surface area contributed by atoms with Gasteiger partial charge < -0.3 is 0 Å². The monoisotopic (exact) mass is 860 g/mol. The smallest absolute Gasteiger partial charge is 0.252 e. The maximum absolute atomic E-state index is 4.94. The van der Waals surface area contributed by atoms with Gasteiger partial charge in [-0.2, -0.15) is 0 Å². The maximum Gasteiger partial charge on any atom is 0.331 e. The zero-order valence-electron chi connectivity index (χ0n) is 40.7. The molecular weight excluding hydrogens is 793 g/mol. The summed E-state index contributed by atoms with van der Waals surface area (Å²) in [7, 11) is 6.28. The van der Waals surface area contributed by atoms with Gasteiger partial charge in [-0.1, -0.05) is 108 Å². The van der Waals surface area contributed by atoms with E-state index in [4.69, 9.17) is 15.0 Å². The van der Waals surface area contributed by atoms with Crippen molar-refractivity contribution < 1.29 is 13.7 Å². The zero-order chi connectivity index (χ0) is 46.4. The van der Waals surface area contributed by atoms with Crippen LogP contribution in [0.2, 0.25) is 0 Å². The number of pyridine rings is 4. The molecule has 0 saturated heterocycles. The third-order valence-electron chi connectivity index (χ3n) is 12.1. The van der Waals surface area contributed by atoms with E-state index in [2.05, 4.69) is 243 Å². The summed E-state index contributed by atoms with van der Waals surface area (Å²) in [4.78, 5) is 14.6. The van der Waals surface area contributed by atoms with Crippen molar-refractivity contribution in [3.63, 3.8) is 0 Å². The van der Waals surface area contributed by atoms with Gasteiger partial charge in [-0.3, -0.25) is 9.97 Å². The molecule has 0 saturated carbocycles. The number of nitrogens with zero attached hydrogens (tertiary/aromatic N) is 6. The third kappa shape index (κ3) is 11.0. The Labute approximate surface area is 387 Å². The molecule has 0 N–H and O–H groups in total. The zero-order valence-corrected chi connectivity index (χ0v) is 40.7. The van der Waals surface area contributed by atoms with Gasteiger partial charge in [0.2, 0.25) is 11.4 Å². The fraction of sp³-hybridized carbons (Fsp3) is 0.288. The van der Waals surface area contributed by atoms with Gasteiger partial charge in [0.1, 0.15) is 20.3 Å². The minimum absolute atomic E-state index is 0.449. The lowest BCUT2D eigenvalue weighted by molar-refractivity contribution is -0.661. The first-order chi connectivity index (χ1) is 31.2. The molecule has 6 nitrogen and oxygen atoms in total. The van der Waals surface area contributed by atoms with E-state index in [0.717, 1.165) is 40.9 Å². The molecule has 0 bridgehead atoms. The van der Waals surface area contributed by atoms with Gasteiger partial charge in [-0.25, -0.2) is 13.7 Å². The first-order valence-electron chi connectivity index (χ1n) is 23.2. The molecule has 65 heavy (non-hydrogen) atoms. The molecule has 6 heteroatoms. The number of hydrogen-bond acceptors (Lipinski definition) is 3. The van der Waals surface area contributed by atoms with Crippen LogP contribution in [-0.4, -0.2) is 15.0 Å². The van der Waals surface area contributed by atoms with Crippen molar-refractivity contribution in [1.29, 1.82) is 0 Å². The Balaban J connectivity index is 0.000000145. The fourth-order valence-electron chi connectivity index (χ4n) is 8.59. The highest BCUT2D eigenvalue weighted by atomic mass is 15.0. The van der Waals surface area contributed by atoms with Crippen LogP contribution in [0.4, 0.5) is 0 Å². The topological polar surface area (TPSA) is 50.3 Å². The molecule has 4 aromatic carbocycles. The molecule has 9 aromatic rings. The molecule has 9 rings (SSSR count). The highest BCUT2D eigenvalue weighted by molar-refractivity contribution is 5.83. The van der Waals surface area contributed by atoms with Crippen molar-refractivity contribution in [2.75, 3.05) is 0 Å². The van der Waals surface area contributed by atoms with Gasteiger partial charge in [-0.15, -0.1) is 0 Å². The Morgan fingerprint density at radius 2 is 0.954 bits per heavy atom. The molecule has 0 aliphatic rings. The first kappa shape index (κ1) is 46.3. The highest BCUT2D eigenvalue weighted by Gasteiger charge is 2.20. The second-order valence-electron chi connectivity index (χ2n) is 18.8. The summed E-state index contributed by atoms with van der Waals surface area (Å²) in [5.41, 5.74) is 16.9. The number of aromatic nitrogens is 6. The predicted molar refractivity (Wildman–Crippen MR) is 270 cm³/mol. The molecule has 0 aliphatic heterocycles. The average molecular weight is 860 g/mol. The largest absolute Gasteiger partial charge is 0.331 e. The molecule has 0 aliphatic carbocycles. The van der Waals surface area contributed by atoms with Crippen LogP contribution in [0.25, 0.3) is 66.6 Å². The van der Waals surface area contributed by atoms with Crippen LogP contribution in [0.1, 0.15) is 81.1 Å². The van der Waals surface area contributed by atoms with E-state index in [1.807, 2.05) is 0 Å². The Hall–Kier alpha value is -6.66. The van der Waals surface area contributed by atoms with E-state index in [0.29, 0.717) is 17.8 Å². The second-order valence-corrected chi connectivity index (χ2v) is 18.8. The summed E-state index contributed by atoms with van der Waals surface area (Å²) in [5.74, 6) is 2.74. The quantitative estimate of drug-likeness (QED) is 0.143. The Morgan fingerprint density at radius 1 is 0.446 bits per heavy atom. The summed E-state index contributed by atoms with van der Waals surface area (Å²) in [6.45, 7) is 19.8. The molecule has 5 aromatic heterocycles. The van der Waals surface area contributed by atoms with Crippen molar-refractivity contribution >= 4 is 32.7 Å². The standard InChI is InChI=1S/2C20H23N2.C19H21N2/c1-14(2)12-16-9-7-11-19-18(16)13-22(4)20(21-19)17-10-6-5-8-15(17)3;1-14(2)11-17-10-9-16-13-22(4)20(12-19(16)21-17)18-8-6-5-7-15(18)3;1-13(2)17-10-9-15-12-21(4)19(11-18(15)20-17)16-8-6-5-7-14(16)3/h5-11,13-14H,12H2,1-4H3;5-10,12-14H,11H2,1-4H3;5-13H,1-4H3/q3*+1. The SMILES string of the molecule is Cc1ccccc1-c1cc2nc(C(C)C)ccc2c[n+]1C.Cc1ccccc1-c1cc2nc(CC(C)C)ccc2c[n+]1C.Cc1ccccc1-c1nc2cccc(CC(C)C)c2c[n+]1C. The van der Waals surface area contributed by atoms with E-state index in [9.17, 15) is 0 Å². The van der Waals surface area contributed by atoms with Gasteiger partial charge in [-0.05, 0) is 127 Å². The van der Waals surface area contributed by atoms with E-state index >= 15 is 0 Å². The van der Waals surface area contributed by atoms with Gasteiger partial charge in [0.15, 0.2) is 17.9 Å². The minimum Gasteiger partial charge on any atom is -0.252 e. The van der Waals surface area contributed by atoms with E-state index in [1.165, 1.54) is 72.2 Å². The number of hydrogen-bond donors (Lipinski definition) is 0. The molecule has 0 fully saturated rings. The lowest BCUT2D eigenvalue weighted by Crippen LogP contribution is -2.32. The van der Waals surface area contributed by atoms with Crippen LogP contribution < -0.4 is 13.7 Å². The molecule has 0 spiro atoms. The van der Waals surface area contributed by atoms with Gasteiger partial charge >= 0.3 is 5.82 Å². The Bertz CT molecular complexity index is 3060. The van der Waals surface area contributed by atoms with E-state index < -0.39 is 0 Å². The molecule has 0 unspecified atom stereocenters.